The number of carboxylic acid groups (broad SMARTS) is 1. The second-order valence-electron chi connectivity index (χ2n) is 4.56. The number of carbonyl (C=O) groups is 1. The van der Waals surface area contributed by atoms with Gasteiger partial charge in [0.15, 0.2) is 0 Å². The summed E-state index contributed by atoms with van der Waals surface area (Å²) < 4.78 is 5.62. The Labute approximate surface area is 108 Å². The fraction of sp³-hybridized carbons (Fsp3) is 0.500. The van der Waals surface area contributed by atoms with Crippen LogP contribution < -0.4 is 10.1 Å². The van der Waals surface area contributed by atoms with Crippen LogP contribution in [0.2, 0.25) is 0 Å². The minimum absolute atomic E-state index is 0.487. The molecular formula is C14H21NO3. The van der Waals surface area contributed by atoms with Crippen molar-refractivity contribution >= 4 is 5.97 Å². The number of aliphatic carboxylic acids is 1. The van der Waals surface area contributed by atoms with E-state index in [1.807, 2.05) is 38.2 Å². The third kappa shape index (κ3) is 3.74. The van der Waals surface area contributed by atoms with Gasteiger partial charge in [0.2, 0.25) is 5.60 Å². The Morgan fingerprint density at radius 2 is 2.00 bits per heavy atom. The molecule has 4 heteroatoms. The molecule has 18 heavy (non-hydrogen) atoms. The first-order chi connectivity index (χ1) is 8.51. The summed E-state index contributed by atoms with van der Waals surface area (Å²) in [6.45, 7) is 4.34. The van der Waals surface area contributed by atoms with Gasteiger partial charge < -0.3 is 15.2 Å². The van der Waals surface area contributed by atoms with Gasteiger partial charge in [-0.25, -0.2) is 4.79 Å². The fourth-order valence-electron chi connectivity index (χ4n) is 1.82. The summed E-state index contributed by atoms with van der Waals surface area (Å²) in [5, 5.41) is 12.3. The maximum atomic E-state index is 11.2. The lowest BCUT2D eigenvalue weighted by atomic mass is 10.0. The fourth-order valence-corrected chi connectivity index (χ4v) is 1.82. The van der Waals surface area contributed by atoms with E-state index in [9.17, 15) is 9.90 Å². The average Bonchev–Trinajstić information content (AvgIpc) is 2.32. The summed E-state index contributed by atoms with van der Waals surface area (Å²) in [5.74, 6) is -0.336. The molecule has 1 atom stereocenters. The first-order valence-electron chi connectivity index (χ1n) is 6.18. The largest absolute Gasteiger partial charge is 0.478 e. The van der Waals surface area contributed by atoms with Crippen LogP contribution in [0.1, 0.15) is 32.3 Å². The number of benzene rings is 1. The minimum atomic E-state index is -1.15. The Bertz CT molecular complexity index is 389. The molecule has 0 amide bonds. The van der Waals surface area contributed by atoms with E-state index >= 15 is 0 Å². The number of ether oxygens (including phenoxy) is 1. The highest BCUT2D eigenvalue weighted by Gasteiger charge is 2.34. The lowest BCUT2D eigenvalue weighted by molar-refractivity contribution is -0.154. The zero-order valence-electron chi connectivity index (χ0n) is 11.2. The standard InChI is InChI=1S/C14H21NO3/c1-4-9-14(2,13(16)17)18-12-7-5-11(6-8-12)10-15-3/h5-8,15H,4,9-10H2,1-3H3,(H,16,17). The van der Waals surface area contributed by atoms with Crippen molar-refractivity contribution in [1.82, 2.24) is 5.32 Å². The van der Waals surface area contributed by atoms with Crippen molar-refractivity contribution in [2.45, 2.75) is 38.8 Å². The molecule has 0 fully saturated rings. The third-order valence-electron chi connectivity index (χ3n) is 2.83. The molecule has 0 saturated carbocycles. The molecule has 4 nitrogen and oxygen atoms in total. The van der Waals surface area contributed by atoms with E-state index in [4.69, 9.17) is 4.74 Å². The van der Waals surface area contributed by atoms with E-state index < -0.39 is 11.6 Å². The monoisotopic (exact) mass is 251 g/mol. The summed E-state index contributed by atoms with van der Waals surface area (Å²) in [6.07, 6.45) is 1.25. The Hall–Kier alpha value is -1.55. The molecular weight excluding hydrogens is 230 g/mol. The first-order valence-corrected chi connectivity index (χ1v) is 6.18. The van der Waals surface area contributed by atoms with Gasteiger partial charge in [-0.15, -0.1) is 0 Å². The highest BCUT2D eigenvalue weighted by atomic mass is 16.5. The van der Waals surface area contributed by atoms with Crippen LogP contribution in [-0.2, 0) is 11.3 Å². The molecule has 0 spiro atoms. The smallest absolute Gasteiger partial charge is 0.347 e. The molecule has 0 bridgehead atoms. The minimum Gasteiger partial charge on any atom is -0.478 e. The van der Waals surface area contributed by atoms with E-state index in [0.717, 1.165) is 18.5 Å². The normalized spacial score (nSPS) is 13.9. The second-order valence-corrected chi connectivity index (χ2v) is 4.56. The van der Waals surface area contributed by atoms with Crippen LogP contribution in [0.15, 0.2) is 24.3 Å². The molecule has 0 saturated heterocycles. The Kier molecular flexibility index (Phi) is 5.16. The molecule has 2 N–H and O–H groups in total. The molecule has 1 aromatic rings. The summed E-state index contributed by atoms with van der Waals surface area (Å²) in [5.41, 5.74) is -0.0170. The average molecular weight is 251 g/mol. The maximum absolute atomic E-state index is 11.2. The Morgan fingerprint density at radius 1 is 1.39 bits per heavy atom. The van der Waals surface area contributed by atoms with Gasteiger partial charge >= 0.3 is 5.97 Å². The van der Waals surface area contributed by atoms with Gasteiger partial charge in [-0.05, 0) is 38.1 Å². The van der Waals surface area contributed by atoms with Crippen molar-refractivity contribution in [1.29, 1.82) is 0 Å². The van der Waals surface area contributed by atoms with Crippen LogP contribution in [0, 0.1) is 0 Å². The molecule has 100 valence electrons. The molecule has 0 aliphatic carbocycles. The van der Waals surface area contributed by atoms with E-state index in [-0.39, 0.29) is 0 Å². The second kappa shape index (κ2) is 6.40. The van der Waals surface area contributed by atoms with Crippen LogP contribution in [0.3, 0.4) is 0 Å². The van der Waals surface area contributed by atoms with Crippen LogP contribution in [0.25, 0.3) is 0 Å². The van der Waals surface area contributed by atoms with Crippen molar-refractivity contribution in [2.24, 2.45) is 0 Å². The van der Waals surface area contributed by atoms with Gasteiger partial charge in [0, 0.05) is 6.54 Å². The van der Waals surface area contributed by atoms with E-state index in [1.54, 1.807) is 6.92 Å². The zero-order chi connectivity index (χ0) is 13.6. The number of carboxylic acids is 1. The lowest BCUT2D eigenvalue weighted by Gasteiger charge is -2.26. The number of hydrogen-bond acceptors (Lipinski definition) is 3. The molecule has 1 rings (SSSR count). The van der Waals surface area contributed by atoms with Crippen LogP contribution >= 0.6 is 0 Å². The number of nitrogens with one attached hydrogen (secondary N) is 1. The van der Waals surface area contributed by atoms with Crippen molar-refractivity contribution in [3.8, 4) is 5.75 Å². The summed E-state index contributed by atoms with van der Waals surface area (Å²) in [7, 11) is 1.88. The van der Waals surface area contributed by atoms with Crippen molar-refractivity contribution in [3.63, 3.8) is 0 Å². The predicted molar refractivity (Wildman–Crippen MR) is 70.8 cm³/mol. The Balaban J connectivity index is 2.78. The van der Waals surface area contributed by atoms with Gasteiger partial charge in [-0.1, -0.05) is 25.5 Å². The quantitative estimate of drug-likeness (QED) is 0.781. The SMILES string of the molecule is CCCC(C)(Oc1ccc(CNC)cc1)C(=O)O. The number of rotatable bonds is 7. The van der Waals surface area contributed by atoms with E-state index in [0.29, 0.717) is 12.2 Å². The summed E-state index contributed by atoms with van der Waals surface area (Å²) in [6, 6.07) is 7.48. The molecule has 0 heterocycles. The van der Waals surface area contributed by atoms with Crippen molar-refractivity contribution in [3.05, 3.63) is 29.8 Å². The van der Waals surface area contributed by atoms with Gasteiger partial charge in [0.25, 0.3) is 0 Å². The van der Waals surface area contributed by atoms with Gasteiger partial charge in [0.1, 0.15) is 5.75 Å². The Morgan fingerprint density at radius 3 is 2.44 bits per heavy atom. The molecule has 0 radical (unpaired) electrons. The molecule has 0 aliphatic rings. The molecule has 1 aromatic carbocycles. The molecule has 0 aromatic heterocycles. The van der Waals surface area contributed by atoms with Crippen LogP contribution in [0.5, 0.6) is 5.75 Å². The third-order valence-corrected chi connectivity index (χ3v) is 2.83. The molecule has 1 unspecified atom stereocenters. The van der Waals surface area contributed by atoms with E-state index in [1.165, 1.54) is 0 Å². The molecule has 0 aliphatic heterocycles. The summed E-state index contributed by atoms with van der Waals surface area (Å²) in [4.78, 5) is 11.2. The van der Waals surface area contributed by atoms with Crippen LogP contribution in [0.4, 0.5) is 0 Å². The maximum Gasteiger partial charge on any atom is 0.347 e. The van der Waals surface area contributed by atoms with Gasteiger partial charge in [-0.2, -0.15) is 0 Å². The van der Waals surface area contributed by atoms with Gasteiger partial charge in [0.05, 0.1) is 0 Å². The highest BCUT2D eigenvalue weighted by Crippen LogP contribution is 2.23. The summed E-state index contributed by atoms with van der Waals surface area (Å²) >= 11 is 0. The predicted octanol–water partition coefficient (Wildman–Crippen LogP) is 2.43. The van der Waals surface area contributed by atoms with Crippen molar-refractivity contribution in [2.75, 3.05) is 7.05 Å². The zero-order valence-corrected chi connectivity index (χ0v) is 11.2. The number of hydrogen-bond donors (Lipinski definition) is 2. The van der Waals surface area contributed by atoms with Crippen LogP contribution in [-0.4, -0.2) is 23.7 Å². The highest BCUT2D eigenvalue weighted by molar-refractivity contribution is 5.77. The first kappa shape index (κ1) is 14.5. The van der Waals surface area contributed by atoms with E-state index in [2.05, 4.69) is 5.32 Å². The van der Waals surface area contributed by atoms with Gasteiger partial charge in [-0.3, -0.25) is 0 Å². The van der Waals surface area contributed by atoms with Crippen molar-refractivity contribution < 1.29 is 14.6 Å². The topological polar surface area (TPSA) is 58.6 Å². The lowest BCUT2D eigenvalue weighted by Crippen LogP contribution is -2.41.